The number of hydrogen-bond donors (Lipinski definition) is 0. The first kappa shape index (κ1) is 13.5. The van der Waals surface area contributed by atoms with E-state index in [2.05, 4.69) is 11.7 Å². The molecule has 0 aliphatic carbocycles. The predicted molar refractivity (Wildman–Crippen MR) is 45.6 cm³/mol. The van der Waals surface area contributed by atoms with Gasteiger partial charge in [0.25, 0.3) is 0 Å². The minimum absolute atomic E-state index is 0.0563. The molecule has 0 aliphatic heterocycles. The summed E-state index contributed by atoms with van der Waals surface area (Å²) in [5.74, 6) is -1.64. The summed E-state index contributed by atoms with van der Waals surface area (Å²) in [6, 6.07) is -0.113. The first-order chi connectivity index (χ1) is 7.57. The van der Waals surface area contributed by atoms with Gasteiger partial charge in [0, 0.05) is 0 Å². The zero-order chi connectivity index (χ0) is 13.4. The lowest BCUT2D eigenvalue weighted by atomic mass is 10.1. The van der Waals surface area contributed by atoms with E-state index in [9.17, 15) is 30.7 Å². The SMILES string of the molecule is C=Nc1c(C(F)(F)F)cc(F)cc1C(F)(F)F. The maximum absolute atomic E-state index is 12.7. The highest BCUT2D eigenvalue weighted by Crippen LogP contribution is 2.44. The smallest absolute Gasteiger partial charge is 0.263 e. The largest absolute Gasteiger partial charge is 0.418 e. The second-order valence-corrected chi connectivity index (χ2v) is 3.00. The maximum Gasteiger partial charge on any atom is 0.418 e. The van der Waals surface area contributed by atoms with E-state index in [-0.39, 0.29) is 12.1 Å². The number of rotatable bonds is 1. The minimum atomic E-state index is -5.14. The van der Waals surface area contributed by atoms with E-state index in [4.69, 9.17) is 0 Å². The van der Waals surface area contributed by atoms with Gasteiger partial charge >= 0.3 is 12.4 Å². The zero-order valence-corrected chi connectivity index (χ0v) is 7.95. The Morgan fingerprint density at radius 2 is 1.24 bits per heavy atom. The third-order valence-corrected chi connectivity index (χ3v) is 1.84. The van der Waals surface area contributed by atoms with Crippen molar-refractivity contribution >= 4 is 12.4 Å². The molecule has 1 nitrogen and oxygen atoms in total. The number of aliphatic imine (C=N–C) groups is 1. The Labute approximate surface area is 90.6 Å². The van der Waals surface area contributed by atoms with Crippen molar-refractivity contribution in [3.8, 4) is 0 Å². The van der Waals surface area contributed by atoms with E-state index in [0.29, 0.717) is 0 Å². The van der Waals surface area contributed by atoms with Gasteiger partial charge in [-0.25, -0.2) is 4.39 Å². The number of alkyl halides is 6. The normalized spacial score (nSPS) is 12.6. The van der Waals surface area contributed by atoms with E-state index < -0.39 is 35.0 Å². The van der Waals surface area contributed by atoms with E-state index in [1.54, 1.807) is 0 Å². The van der Waals surface area contributed by atoms with Crippen molar-refractivity contribution < 1.29 is 30.7 Å². The molecule has 0 unspecified atom stereocenters. The monoisotopic (exact) mass is 259 g/mol. The Morgan fingerprint density at radius 3 is 1.47 bits per heavy atom. The van der Waals surface area contributed by atoms with Crippen molar-refractivity contribution in [3.05, 3.63) is 29.1 Å². The van der Waals surface area contributed by atoms with Crippen molar-refractivity contribution in [2.75, 3.05) is 0 Å². The van der Waals surface area contributed by atoms with Crippen LogP contribution in [0.3, 0.4) is 0 Å². The van der Waals surface area contributed by atoms with Gasteiger partial charge < -0.3 is 0 Å². The van der Waals surface area contributed by atoms with Crippen LogP contribution in [0.1, 0.15) is 11.1 Å². The Hall–Kier alpha value is -1.60. The zero-order valence-electron chi connectivity index (χ0n) is 7.95. The van der Waals surface area contributed by atoms with E-state index in [0.717, 1.165) is 0 Å². The van der Waals surface area contributed by atoms with Crippen LogP contribution < -0.4 is 0 Å². The topological polar surface area (TPSA) is 12.4 Å². The van der Waals surface area contributed by atoms with Crippen LogP contribution in [0.4, 0.5) is 36.4 Å². The van der Waals surface area contributed by atoms with Crippen molar-refractivity contribution in [1.82, 2.24) is 0 Å². The fraction of sp³-hybridized carbons (Fsp3) is 0.222. The molecule has 0 saturated carbocycles. The van der Waals surface area contributed by atoms with Crippen molar-refractivity contribution in [2.45, 2.75) is 12.4 Å². The van der Waals surface area contributed by atoms with Crippen LogP contribution >= 0.6 is 0 Å². The number of nitrogens with zero attached hydrogens (tertiary/aromatic N) is 1. The molecule has 0 radical (unpaired) electrons. The summed E-state index contributed by atoms with van der Waals surface area (Å²) >= 11 is 0. The number of halogens is 7. The number of benzene rings is 1. The molecule has 1 rings (SSSR count). The summed E-state index contributed by atoms with van der Waals surface area (Å²) in [7, 11) is 0. The van der Waals surface area contributed by atoms with Crippen molar-refractivity contribution in [1.29, 1.82) is 0 Å². The number of hydrogen-bond acceptors (Lipinski definition) is 1. The summed E-state index contributed by atoms with van der Waals surface area (Å²) in [5, 5.41) is 0. The summed E-state index contributed by atoms with van der Waals surface area (Å²) in [6.07, 6.45) is -10.3. The van der Waals surface area contributed by atoms with E-state index in [1.807, 2.05) is 0 Å². The average Bonchev–Trinajstić information content (AvgIpc) is 2.13. The van der Waals surface area contributed by atoms with Gasteiger partial charge in [-0.2, -0.15) is 26.3 Å². The standard InChI is InChI=1S/C9H4F7N/c1-17-7-5(8(11,12)13)2-4(10)3-6(7)9(14,15)16/h2-3H,1H2. The Morgan fingerprint density at radius 1 is 0.882 bits per heavy atom. The van der Waals surface area contributed by atoms with Crippen LogP contribution in [0.25, 0.3) is 0 Å². The first-order valence-corrected chi connectivity index (χ1v) is 4.02. The van der Waals surface area contributed by atoms with Gasteiger partial charge in [-0.05, 0) is 18.9 Å². The highest BCUT2D eigenvalue weighted by atomic mass is 19.4. The first-order valence-electron chi connectivity index (χ1n) is 4.02. The van der Waals surface area contributed by atoms with Gasteiger partial charge in [-0.1, -0.05) is 0 Å². The molecule has 0 aliphatic rings. The summed E-state index contributed by atoms with van der Waals surface area (Å²) in [4.78, 5) is 2.69. The Balaban J connectivity index is 3.64. The van der Waals surface area contributed by atoms with Gasteiger partial charge in [0.15, 0.2) is 0 Å². The molecule has 0 bridgehead atoms. The summed E-state index contributed by atoms with van der Waals surface area (Å²) in [6.45, 7) is 2.64. The molecule has 17 heavy (non-hydrogen) atoms. The van der Waals surface area contributed by atoms with Crippen LogP contribution in [0, 0.1) is 5.82 Å². The molecule has 8 heteroatoms. The predicted octanol–water partition coefficient (Wildman–Crippen LogP) is 4.20. The van der Waals surface area contributed by atoms with Gasteiger partial charge in [0.2, 0.25) is 0 Å². The lowest BCUT2D eigenvalue weighted by Crippen LogP contribution is -2.12. The molecule has 94 valence electrons. The van der Waals surface area contributed by atoms with E-state index >= 15 is 0 Å². The van der Waals surface area contributed by atoms with Crippen molar-refractivity contribution in [2.24, 2.45) is 4.99 Å². The van der Waals surface area contributed by atoms with Crippen LogP contribution in [-0.2, 0) is 12.4 Å². The second kappa shape index (κ2) is 4.01. The fourth-order valence-corrected chi connectivity index (χ4v) is 1.20. The van der Waals surface area contributed by atoms with Gasteiger partial charge in [-0.15, -0.1) is 0 Å². The van der Waals surface area contributed by atoms with Gasteiger partial charge in [0.1, 0.15) is 5.82 Å². The Bertz CT molecular complexity index is 409. The third-order valence-electron chi connectivity index (χ3n) is 1.84. The highest BCUT2D eigenvalue weighted by molar-refractivity contribution is 5.59. The lowest BCUT2D eigenvalue weighted by Gasteiger charge is -2.15. The second-order valence-electron chi connectivity index (χ2n) is 3.00. The molecular weight excluding hydrogens is 255 g/mol. The molecule has 0 amide bonds. The molecule has 0 heterocycles. The fourth-order valence-electron chi connectivity index (χ4n) is 1.20. The minimum Gasteiger partial charge on any atom is -0.263 e. The molecule has 0 N–H and O–H groups in total. The average molecular weight is 259 g/mol. The molecule has 0 fully saturated rings. The summed E-state index contributed by atoms with van der Waals surface area (Å²) in [5.41, 5.74) is -5.04. The van der Waals surface area contributed by atoms with Crippen LogP contribution in [0.15, 0.2) is 17.1 Å². The highest BCUT2D eigenvalue weighted by Gasteiger charge is 2.41. The summed E-state index contributed by atoms with van der Waals surface area (Å²) < 4.78 is 86.9. The Kier molecular flexibility index (Phi) is 3.17. The molecule has 0 aromatic heterocycles. The molecule has 1 aromatic carbocycles. The lowest BCUT2D eigenvalue weighted by molar-refractivity contribution is -0.142. The molecule has 0 saturated heterocycles. The van der Waals surface area contributed by atoms with E-state index in [1.165, 1.54) is 0 Å². The van der Waals surface area contributed by atoms with Gasteiger partial charge in [-0.3, -0.25) is 4.99 Å². The van der Waals surface area contributed by atoms with Crippen LogP contribution in [0.5, 0.6) is 0 Å². The van der Waals surface area contributed by atoms with Crippen LogP contribution in [0.2, 0.25) is 0 Å². The van der Waals surface area contributed by atoms with Gasteiger partial charge in [0.05, 0.1) is 16.8 Å². The quantitative estimate of drug-likeness (QED) is 0.529. The molecule has 0 atom stereocenters. The molecule has 0 spiro atoms. The molecule has 1 aromatic rings. The molecular formula is C9H4F7N. The van der Waals surface area contributed by atoms with Crippen molar-refractivity contribution in [3.63, 3.8) is 0 Å². The third kappa shape index (κ3) is 2.75. The maximum atomic E-state index is 12.7. The van der Waals surface area contributed by atoms with Crippen LogP contribution in [-0.4, -0.2) is 6.72 Å².